The van der Waals surface area contributed by atoms with Gasteiger partial charge in [0.2, 0.25) is 0 Å². The minimum atomic E-state index is -0.447. The minimum absolute atomic E-state index is 0.175. The highest BCUT2D eigenvalue weighted by atomic mass is 16.5. The molecule has 0 radical (unpaired) electrons. The van der Waals surface area contributed by atoms with E-state index in [2.05, 4.69) is 9.72 Å². The van der Waals surface area contributed by atoms with E-state index < -0.39 is 6.04 Å². The van der Waals surface area contributed by atoms with Crippen molar-refractivity contribution in [3.63, 3.8) is 0 Å². The highest BCUT2D eigenvalue weighted by Crippen LogP contribution is 2.34. The molecule has 1 aromatic carbocycles. The Balaban J connectivity index is 1.54. The maximum Gasteiger partial charge on any atom is 0.327 e. The largest absolute Gasteiger partial charge is 0.469 e. The molecular formula is C18H19N3O4. The Labute approximate surface area is 144 Å². The number of nitrogens with one attached hydrogen (secondary N) is 1. The zero-order valence-electron chi connectivity index (χ0n) is 13.9. The molecule has 2 aliphatic heterocycles. The average Bonchev–Trinajstić information content (AvgIpc) is 3.10. The van der Waals surface area contributed by atoms with Crippen molar-refractivity contribution < 1.29 is 19.1 Å². The number of fused-ring (bicyclic) bond motifs is 4. The van der Waals surface area contributed by atoms with Gasteiger partial charge in [-0.2, -0.15) is 0 Å². The number of imide groups is 1. The first-order valence-electron chi connectivity index (χ1n) is 8.37. The summed E-state index contributed by atoms with van der Waals surface area (Å²) in [5, 5.41) is 1.11. The number of esters is 1. The number of para-hydroxylation sites is 1. The van der Waals surface area contributed by atoms with Crippen LogP contribution in [0.1, 0.15) is 24.1 Å². The Morgan fingerprint density at radius 3 is 2.92 bits per heavy atom. The van der Waals surface area contributed by atoms with Crippen molar-refractivity contribution in [3.05, 3.63) is 35.5 Å². The third kappa shape index (κ3) is 2.47. The standard InChI is InChI=1S/C18H19N3O4/c1-25-16(22)7-4-8-20-17(23)15-9-12-11-5-2-3-6-13(11)19-14(12)10-21(15)18(20)24/h2-3,5-6,15,19H,4,7-10H2,1H3. The van der Waals surface area contributed by atoms with Crippen LogP contribution in [0.5, 0.6) is 0 Å². The van der Waals surface area contributed by atoms with Crippen molar-refractivity contribution >= 4 is 28.8 Å². The van der Waals surface area contributed by atoms with Crippen LogP contribution >= 0.6 is 0 Å². The number of rotatable bonds is 4. The maximum atomic E-state index is 12.7. The normalized spacial score (nSPS) is 19.3. The van der Waals surface area contributed by atoms with E-state index in [0.717, 1.165) is 22.2 Å². The van der Waals surface area contributed by atoms with Gasteiger partial charge in [0.15, 0.2) is 0 Å². The van der Waals surface area contributed by atoms with E-state index in [4.69, 9.17) is 0 Å². The van der Waals surface area contributed by atoms with Gasteiger partial charge in [0, 0.05) is 36.0 Å². The van der Waals surface area contributed by atoms with Gasteiger partial charge in [0.05, 0.1) is 13.7 Å². The van der Waals surface area contributed by atoms with Gasteiger partial charge in [-0.1, -0.05) is 18.2 Å². The summed E-state index contributed by atoms with van der Waals surface area (Å²) in [5.41, 5.74) is 3.15. The Morgan fingerprint density at radius 1 is 1.32 bits per heavy atom. The fourth-order valence-electron chi connectivity index (χ4n) is 3.75. The lowest BCUT2D eigenvalue weighted by atomic mass is 9.97. The molecular weight excluding hydrogens is 322 g/mol. The molecule has 1 fully saturated rings. The Hall–Kier alpha value is -2.83. The SMILES string of the molecule is COC(=O)CCCN1C(=O)C2Cc3c([nH]c4ccccc34)CN2C1=O. The number of urea groups is 1. The summed E-state index contributed by atoms with van der Waals surface area (Å²) in [6, 6.07) is 7.26. The number of nitrogens with zero attached hydrogens (tertiary/aromatic N) is 2. The van der Waals surface area contributed by atoms with Crippen LogP contribution in [0.4, 0.5) is 4.79 Å². The summed E-state index contributed by atoms with van der Waals surface area (Å²) >= 11 is 0. The number of H-pyrrole nitrogens is 1. The number of aromatic nitrogens is 1. The molecule has 7 nitrogen and oxygen atoms in total. The average molecular weight is 341 g/mol. The number of carbonyl (C=O) groups excluding carboxylic acids is 3. The van der Waals surface area contributed by atoms with Gasteiger partial charge in [0.25, 0.3) is 5.91 Å². The van der Waals surface area contributed by atoms with Crippen LogP contribution in [-0.4, -0.2) is 52.4 Å². The predicted octanol–water partition coefficient (Wildman–Crippen LogP) is 1.81. The van der Waals surface area contributed by atoms with Crippen LogP contribution < -0.4 is 0 Å². The fourth-order valence-corrected chi connectivity index (χ4v) is 3.75. The van der Waals surface area contributed by atoms with Crippen molar-refractivity contribution in [2.75, 3.05) is 13.7 Å². The molecule has 130 valence electrons. The zero-order chi connectivity index (χ0) is 17.6. The van der Waals surface area contributed by atoms with E-state index in [9.17, 15) is 14.4 Å². The Kier molecular flexibility index (Phi) is 3.71. The van der Waals surface area contributed by atoms with Crippen LogP contribution in [-0.2, 0) is 27.3 Å². The smallest absolute Gasteiger partial charge is 0.327 e. The second kappa shape index (κ2) is 5.91. The molecule has 1 N–H and O–H groups in total. The monoisotopic (exact) mass is 341 g/mol. The van der Waals surface area contributed by atoms with Crippen molar-refractivity contribution in [1.82, 2.24) is 14.8 Å². The van der Waals surface area contributed by atoms with E-state index >= 15 is 0 Å². The lowest BCUT2D eigenvalue weighted by molar-refractivity contribution is -0.141. The molecule has 2 aromatic rings. The van der Waals surface area contributed by atoms with Crippen LogP contribution in [0.25, 0.3) is 10.9 Å². The molecule has 1 atom stereocenters. The molecule has 25 heavy (non-hydrogen) atoms. The number of aromatic amines is 1. The molecule has 2 aliphatic rings. The third-order valence-corrected chi connectivity index (χ3v) is 5.02. The molecule has 4 rings (SSSR count). The molecule has 0 spiro atoms. The van der Waals surface area contributed by atoms with Gasteiger partial charge in [-0.3, -0.25) is 14.5 Å². The second-order valence-electron chi connectivity index (χ2n) is 6.43. The maximum absolute atomic E-state index is 12.7. The number of hydrogen-bond acceptors (Lipinski definition) is 4. The Bertz CT molecular complexity index is 872. The number of benzene rings is 1. The molecule has 0 saturated carbocycles. The molecule has 7 heteroatoms. The number of amides is 3. The molecule has 3 heterocycles. The fraction of sp³-hybridized carbons (Fsp3) is 0.389. The van der Waals surface area contributed by atoms with Crippen LogP contribution in [0, 0.1) is 0 Å². The summed E-state index contributed by atoms with van der Waals surface area (Å²) in [6.45, 7) is 0.654. The highest BCUT2D eigenvalue weighted by molar-refractivity contribution is 6.05. The van der Waals surface area contributed by atoms with Gasteiger partial charge < -0.3 is 14.6 Å². The van der Waals surface area contributed by atoms with Crippen LogP contribution in [0.3, 0.4) is 0 Å². The summed E-state index contributed by atoms with van der Waals surface area (Å²) < 4.78 is 4.59. The summed E-state index contributed by atoms with van der Waals surface area (Å²) in [6.07, 6.45) is 1.14. The highest BCUT2D eigenvalue weighted by Gasteiger charge is 2.47. The molecule has 1 aromatic heterocycles. The molecule has 3 amide bonds. The molecule has 1 saturated heterocycles. The van der Waals surface area contributed by atoms with E-state index in [-0.39, 0.29) is 30.9 Å². The molecule has 0 bridgehead atoms. The first-order valence-corrected chi connectivity index (χ1v) is 8.37. The number of carbonyl (C=O) groups is 3. The summed E-state index contributed by atoms with van der Waals surface area (Å²) in [4.78, 5) is 42.8. The van der Waals surface area contributed by atoms with Gasteiger partial charge >= 0.3 is 12.0 Å². The van der Waals surface area contributed by atoms with Crippen LogP contribution in [0.15, 0.2) is 24.3 Å². The van der Waals surface area contributed by atoms with E-state index in [0.29, 0.717) is 19.4 Å². The first kappa shape index (κ1) is 15.7. The van der Waals surface area contributed by atoms with E-state index in [1.165, 1.54) is 12.0 Å². The zero-order valence-corrected chi connectivity index (χ0v) is 13.9. The third-order valence-electron chi connectivity index (χ3n) is 5.02. The predicted molar refractivity (Wildman–Crippen MR) is 89.7 cm³/mol. The quantitative estimate of drug-likeness (QED) is 0.679. The lowest BCUT2D eigenvalue weighted by Crippen LogP contribution is -2.39. The number of methoxy groups -OCH3 is 1. The van der Waals surface area contributed by atoms with Crippen molar-refractivity contribution in [1.29, 1.82) is 0 Å². The molecule has 1 unspecified atom stereocenters. The topological polar surface area (TPSA) is 82.7 Å². The van der Waals surface area contributed by atoms with E-state index in [1.54, 1.807) is 4.90 Å². The number of ether oxygens (including phenoxy) is 1. The second-order valence-corrected chi connectivity index (χ2v) is 6.43. The van der Waals surface area contributed by atoms with Gasteiger partial charge in [-0.15, -0.1) is 0 Å². The van der Waals surface area contributed by atoms with Crippen molar-refractivity contribution in [3.8, 4) is 0 Å². The van der Waals surface area contributed by atoms with Crippen LogP contribution in [0.2, 0.25) is 0 Å². The Morgan fingerprint density at radius 2 is 2.12 bits per heavy atom. The van der Waals surface area contributed by atoms with Gasteiger partial charge in [-0.25, -0.2) is 4.79 Å². The van der Waals surface area contributed by atoms with E-state index in [1.807, 2.05) is 24.3 Å². The van der Waals surface area contributed by atoms with Gasteiger partial charge in [0.1, 0.15) is 6.04 Å². The summed E-state index contributed by atoms with van der Waals surface area (Å²) in [7, 11) is 1.33. The van der Waals surface area contributed by atoms with Crippen molar-refractivity contribution in [2.24, 2.45) is 0 Å². The lowest BCUT2D eigenvalue weighted by Gasteiger charge is -2.26. The number of hydrogen-bond donors (Lipinski definition) is 1. The minimum Gasteiger partial charge on any atom is -0.469 e. The van der Waals surface area contributed by atoms with Crippen molar-refractivity contribution in [2.45, 2.75) is 31.8 Å². The van der Waals surface area contributed by atoms with Gasteiger partial charge in [-0.05, 0) is 18.1 Å². The summed E-state index contributed by atoms with van der Waals surface area (Å²) in [5.74, 6) is -0.510. The molecule has 0 aliphatic carbocycles. The first-order chi connectivity index (χ1) is 12.1.